The molecular formula is C18H22ClNS. The maximum atomic E-state index is 6.72. The Hall–Kier alpha value is -0.830. The van der Waals surface area contributed by atoms with Crippen LogP contribution in [0, 0.1) is 0 Å². The summed E-state index contributed by atoms with van der Waals surface area (Å²) in [5, 5.41) is 0. The summed E-state index contributed by atoms with van der Waals surface area (Å²) in [5.41, 5.74) is 8.27. The van der Waals surface area contributed by atoms with Crippen molar-refractivity contribution in [2.75, 3.05) is 0 Å². The summed E-state index contributed by atoms with van der Waals surface area (Å²) in [5.74, 6) is 0. The van der Waals surface area contributed by atoms with Crippen molar-refractivity contribution in [2.45, 2.75) is 50.0 Å². The van der Waals surface area contributed by atoms with Gasteiger partial charge in [0.25, 0.3) is 0 Å². The van der Waals surface area contributed by atoms with Gasteiger partial charge in [0, 0.05) is 16.3 Å². The Morgan fingerprint density at radius 1 is 1.05 bits per heavy atom. The summed E-state index contributed by atoms with van der Waals surface area (Å²) >= 11 is 7.72. The molecule has 1 aromatic heterocycles. The van der Waals surface area contributed by atoms with Gasteiger partial charge in [-0.25, -0.2) is 0 Å². The number of hydrogen-bond acceptors (Lipinski definition) is 2. The first-order valence-electron chi connectivity index (χ1n) is 7.76. The summed E-state index contributed by atoms with van der Waals surface area (Å²) < 4.78 is 0.856. The molecule has 1 aliphatic carbocycles. The van der Waals surface area contributed by atoms with Crippen molar-refractivity contribution in [3.8, 4) is 0 Å². The lowest BCUT2D eigenvalue weighted by atomic mass is 9.64. The molecule has 3 rings (SSSR count). The first-order chi connectivity index (χ1) is 10.2. The van der Waals surface area contributed by atoms with Crippen LogP contribution in [0.3, 0.4) is 0 Å². The van der Waals surface area contributed by atoms with E-state index in [1.54, 1.807) is 11.3 Å². The summed E-state index contributed by atoms with van der Waals surface area (Å²) in [6.45, 7) is 0. The minimum atomic E-state index is 0.135. The van der Waals surface area contributed by atoms with E-state index in [4.69, 9.17) is 17.3 Å². The Kier molecular flexibility index (Phi) is 4.68. The molecule has 0 radical (unpaired) electrons. The van der Waals surface area contributed by atoms with Gasteiger partial charge in [0.05, 0.1) is 4.34 Å². The van der Waals surface area contributed by atoms with Crippen LogP contribution < -0.4 is 5.73 Å². The molecule has 2 aromatic rings. The Morgan fingerprint density at radius 2 is 1.76 bits per heavy atom. The van der Waals surface area contributed by atoms with Crippen molar-refractivity contribution >= 4 is 22.9 Å². The maximum absolute atomic E-state index is 6.72. The van der Waals surface area contributed by atoms with Crippen LogP contribution in [0.2, 0.25) is 4.34 Å². The van der Waals surface area contributed by atoms with E-state index in [9.17, 15) is 0 Å². The van der Waals surface area contributed by atoms with Gasteiger partial charge in [0.1, 0.15) is 0 Å². The van der Waals surface area contributed by atoms with Crippen LogP contribution in [-0.4, -0.2) is 6.04 Å². The van der Waals surface area contributed by atoms with Gasteiger partial charge in [-0.15, -0.1) is 11.3 Å². The van der Waals surface area contributed by atoms with Crippen LogP contribution >= 0.6 is 22.9 Å². The lowest BCUT2D eigenvalue weighted by molar-refractivity contribution is 0.241. The first-order valence-corrected chi connectivity index (χ1v) is 8.95. The second-order valence-corrected chi connectivity index (χ2v) is 7.90. The molecule has 0 bridgehead atoms. The number of nitrogens with two attached hydrogens (primary N) is 1. The van der Waals surface area contributed by atoms with Crippen molar-refractivity contribution < 1.29 is 0 Å². The summed E-state index contributed by atoms with van der Waals surface area (Å²) in [6.07, 6.45) is 7.24. The fourth-order valence-corrected chi connectivity index (χ4v) is 4.85. The third-order valence-corrected chi connectivity index (χ3v) is 6.11. The van der Waals surface area contributed by atoms with Crippen molar-refractivity contribution in [3.05, 3.63) is 57.2 Å². The topological polar surface area (TPSA) is 26.0 Å². The molecule has 112 valence electrons. The molecule has 1 saturated carbocycles. The van der Waals surface area contributed by atoms with Gasteiger partial charge in [-0.2, -0.15) is 0 Å². The largest absolute Gasteiger partial charge is 0.327 e. The Bertz CT molecular complexity index is 572. The zero-order chi connectivity index (χ0) is 14.7. The molecular weight excluding hydrogens is 298 g/mol. The van der Waals surface area contributed by atoms with Crippen LogP contribution in [0.4, 0.5) is 0 Å². The van der Waals surface area contributed by atoms with Gasteiger partial charge < -0.3 is 5.73 Å². The average Bonchev–Trinajstić information content (AvgIpc) is 2.94. The highest BCUT2D eigenvalue weighted by molar-refractivity contribution is 7.16. The summed E-state index contributed by atoms with van der Waals surface area (Å²) in [4.78, 5) is 1.30. The van der Waals surface area contributed by atoms with E-state index >= 15 is 0 Å². The summed E-state index contributed by atoms with van der Waals surface area (Å²) in [6, 6.07) is 15.1. The summed E-state index contributed by atoms with van der Waals surface area (Å²) in [7, 11) is 0. The lowest BCUT2D eigenvalue weighted by Gasteiger charge is -2.42. The SMILES string of the molecule is NC(Cc1ccc(Cl)s1)C1(c2ccccc2)CCCCC1. The average molecular weight is 320 g/mol. The number of rotatable bonds is 4. The molecule has 1 fully saturated rings. The molecule has 0 spiro atoms. The van der Waals surface area contributed by atoms with E-state index in [1.807, 2.05) is 6.07 Å². The highest BCUT2D eigenvalue weighted by Gasteiger charge is 2.39. The van der Waals surface area contributed by atoms with Crippen molar-refractivity contribution in [3.63, 3.8) is 0 Å². The molecule has 1 nitrogen and oxygen atoms in total. The standard InChI is InChI=1S/C18H22ClNS/c19-17-10-9-15(21-17)13-16(20)18(11-5-2-6-12-18)14-7-3-1-4-8-14/h1,3-4,7-10,16H,2,5-6,11-13,20H2. The Labute approximate surface area is 136 Å². The maximum Gasteiger partial charge on any atom is 0.0931 e. The Balaban J connectivity index is 1.88. The smallest absolute Gasteiger partial charge is 0.0931 e. The van der Waals surface area contributed by atoms with E-state index in [1.165, 1.54) is 42.5 Å². The fourth-order valence-electron chi connectivity index (χ4n) is 3.70. The van der Waals surface area contributed by atoms with Gasteiger partial charge in [0.2, 0.25) is 0 Å². The first kappa shape index (κ1) is 15.1. The van der Waals surface area contributed by atoms with Crippen LogP contribution in [0.5, 0.6) is 0 Å². The predicted molar refractivity (Wildman–Crippen MR) is 92.2 cm³/mol. The van der Waals surface area contributed by atoms with E-state index in [-0.39, 0.29) is 11.5 Å². The normalized spacial score (nSPS) is 19.3. The molecule has 1 atom stereocenters. The molecule has 1 heterocycles. The zero-order valence-electron chi connectivity index (χ0n) is 12.2. The van der Waals surface area contributed by atoms with E-state index in [2.05, 4.69) is 36.4 Å². The second kappa shape index (κ2) is 6.51. The monoisotopic (exact) mass is 319 g/mol. The number of benzene rings is 1. The van der Waals surface area contributed by atoms with Crippen LogP contribution in [0.1, 0.15) is 42.5 Å². The van der Waals surface area contributed by atoms with Crippen LogP contribution in [-0.2, 0) is 11.8 Å². The lowest BCUT2D eigenvalue weighted by Crippen LogP contribution is -2.48. The van der Waals surface area contributed by atoms with Crippen LogP contribution in [0.15, 0.2) is 42.5 Å². The number of hydrogen-bond donors (Lipinski definition) is 1. The van der Waals surface area contributed by atoms with E-state index < -0.39 is 0 Å². The van der Waals surface area contributed by atoms with Gasteiger partial charge >= 0.3 is 0 Å². The zero-order valence-corrected chi connectivity index (χ0v) is 13.8. The minimum Gasteiger partial charge on any atom is -0.327 e. The number of halogens is 1. The third kappa shape index (κ3) is 3.18. The molecule has 0 aliphatic heterocycles. The van der Waals surface area contributed by atoms with Gasteiger partial charge in [-0.3, -0.25) is 0 Å². The van der Waals surface area contributed by atoms with Crippen LogP contribution in [0.25, 0.3) is 0 Å². The highest BCUT2D eigenvalue weighted by Crippen LogP contribution is 2.42. The van der Waals surface area contributed by atoms with E-state index in [0.29, 0.717) is 0 Å². The number of thiophene rings is 1. The molecule has 1 aliphatic rings. The van der Waals surface area contributed by atoms with Gasteiger partial charge in [0.15, 0.2) is 0 Å². The Morgan fingerprint density at radius 3 is 2.38 bits per heavy atom. The van der Waals surface area contributed by atoms with Crippen molar-refractivity contribution in [1.29, 1.82) is 0 Å². The quantitative estimate of drug-likeness (QED) is 0.826. The molecule has 1 aromatic carbocycles. The molecule has 1 unspecified atom stereocenters. The second-order valence-electron chi connectivity index (χ2n) is 6.10. The van der Waals surface area contributed by atoms with E-state index in [0.717, 1.165) is 10.8 Å². The van der Waals surface area contributed by atoms with Crippen molar-refractivity contribution in [1.82, 2.24) is 0 Å². The molecule has 2 N–H and O–H groups in total. The fraction of sp³-hybridized carbons (Fsp3) is 0.444. The highest BCUT2D eigenvalue weighted by atomic mass is 35.5. The van der Waals surface area contributed by atoms with Gasteiger partial charge in [-0.1, -0.05) is 61.2 Å². The molecule has 0 saturated heterocycles. The van der Waals surface area contributed by atoms with Gasteiger partial charge in [-0.05, 0) is 37.0 Å². The van der Waals surface area contributed by atoms with Crippen molar-refractivity contribution in [2.24, 2.45) is 5.73 Å². The molecule has 3 heteroatoms. The third-order valence-electron chi connectivity index (χ3n) is 4.85. The minimum absolute atomic E-state index is 0.135. The molecule has 21 heavy (non-hydrogen) atoms. The predicted octanol–water partition coefficient (Wildman–Crippen LogP) is 5.17. The molecule has 0 amide bonds.